The van der Waals surface area contributed by atoms with E-state index in [-0.39, 0.29) is 23.2 Å². The van der Waals surface area contributed by atoms with E-state index < -0.39 is 0 Å². The maximum absolute atomic E-state index is 12.6. The van der Waals surface area contributed by atoms with Gasteiger partial charge in [0, 0.05) is 15.5 Å². The molecule has 0 amide bonds. The van der Waals surface area contributed by atoms with Crippen LogP contribution in [0, 0.1) is 11.3 Å². The Morgan fingerprint density at radius 2 is 2.18 bits per heavy atom. The lowest BCUT2D eigenvalue weighted by Crippen LogP contribution is -2.46. The Morgan fingerprint density at radius 1 is 1.41 bits per heavy atom. The quantitative estimate of drug-likeness (QED) is 0.747. The number of benzene rings is 1. The van der Waals surface area contributed by atoms with Gasteiger partial charge in [0.05, 0.1) is 6.10 Å². The normalized spacial score (nSPS) is 33.5. The van der Waals surface area contributed by atoms with Crippen molar-refractivity contribution in [2.24, 2.45) is 11.3 Å². The number of rotatable bonds is 1. The van der Waals surface area contributed by atoms with E-state index in [0.29, 0.717) is 0 Å². The molecule has 0 bridgehead atoms. The fourth-order valence-corrected chi connectivity index (χ4v) is 4.23. The van der Waals surface area contributed by atoms with Gasteiger partial charge in [0.2, 0.25) is 0 Å². The van der Waals surface area contributed by atoms with E-state index in [0.717, 1.165) is 40.4 Å². The summed E-state index contributed by atoms with van der Waals surface area (Å²) in [5.41, 5.74) is 2.61. The van der Waals surface area contributed by atoms with E-state index >= 15 is 0 Å². The van der Waals surface area contributed by atoms with E-state index in [4.69, 9.17) is 0 Å². The number of hydrogen-bond acceptors (Lipinski definition) is 2. The highest BCUT2D eigenvalue weighted by molar-refractivity contribution is 9.10. The van der Waals surface area contributed by atoms with Crippen molar-refractivity contribution in [3.63, 3.8) is 0 Å². The molecule has 22 heavy (non-hydrogen) atoms. The van der Waals surface area contributed by atoms with Crippen LogP contribution in [0.3, 0.4) is 0 Å². The molecule has 2 aliphatic rings. The molecule has 0 heterocycles. The van der Waals surface area contributed by atoms with Crippen molar-refractivity contribution in [3.05, 3.63) is 51.5 Å². The second-order valence-electron chi connectivity index (χ2n) is 6.60. The van der Waals surface area contributed by atoms with Gasteiger partial charge < -0.3 is 5.11 Å². The summed E-state index contributed by atoms with van der Waals surface area (Å²) in [6.45, 7) is 4.18. The average molecular weight is 361 g/mol. The molecule has 0 aliphatic heterocycles. The minimum Gasteiger partial charge on any atom is -0.392 e. The average Bonchev–Trinajstić information content (AvgIpc) is 2.47. The molecule has 1 aromatic carbocycles. The SMILES string of the molecule is C[C@H]1C(=Cc2cccc(Br)c2)C(=O)C=C2CCC[C@H](O)[C@]21C. The summed E-state index contributed by atoms with van der Waals surface area (Å²) in [4.78, 5) is 12.6. The maximum Gasteiger partial charge on any atom is 0.182 e. The Hall–Kier alpha value is -1.19. The zero-order valence-corrected chi connectivity index (χ0v) is 14.6. The lowest BCUT2D eigenvalue weighted by atomic mass is 9.57. The molecule has 0 radical (unpaired) electrons. The summed E-state index contributed by atoms with van der Waals surface area (Å²) in [7, 11) is 0. The summed E-state index contributed by atoms with van der Waals surface area (Å²) in [5, 5.41) is 10.6. The van der Waals surface area contributed by atoms with Gasteiger partial charge in [0.1, 0.15) is 0 Å². The highest BCUT2D eigenvalue weighted by Gasteiger charge is 2.48. The molecule has 1 fully saturated rings. The van der Waals surface area contributed by atoms with Gasteiger partial charge in [-0.1, -0.05) is 47.5 Å². The predicted molar refractivity (Wildman–Crippen MR) is 92.3 cm³/mol. The van der Waals surface area contributed by atoms with Gasteiger partial charge in [0.25, 0.3) is 0 Å². The Labute approximate surface area is 140 Å². The number of fused-ring (bicyclic) bond motifs is 1. The topological polar surface area (TPSA) is 37.3 Å². The van der Waals surface area contributed by atoms with E-state index in [9.17, 15) is 9.90 Å². The van der Waals surface area contributed by atoms with E-state index in [1.165, 1.54) is 0 Å². The van der Waals surface area contributed by atoms with E-state index in [2.05, 4.69) is 29.8 Å². The number of halogens is 1. The minimum absolute atomic E-state index is 0.0225. The standard InChI is InChI=1S/C19H21BrO2/c1-12-16(10-13-5-3-7-15(20)9-13)17(21)11-14-6-4-8-18(22)19(12,14)2/h3,5,7,9-12,18,22H,4,6,8H2,1-2H3/t12-,18-,19-/m0/s1. The van der Waals surface area contributed by atoms with Gasteiger partial charge in [-0.3, -0.25) is 4.79 Å². The third-order valence-corrected chi connectivity index (χ3v) is 5.93. The molecule has 1 N–H and O–H groups in total. The van der Waals surface area contributed by atoms with Crippen molar-refractivity contribution in [2.75, 3.05) is 0 Å². The van der Waals surface area contributed by atoms with Crippen LogP contribution in [0.5, 0.6) is 0 Å². The number of aliphatic hydroxyl groups excluding tert-OH is 1. The molecule has 2 nitrogen and oxygen atoms in total. The fraction of sp³-hybridized carbons (Fsp3) is 0.421. The van der Waals surface area contributed by atoms with Crippen molar-refractivity contribution < 1.29 is 9.90 Å². The Kier molecular flexibility index (Phi) is 4.13. The number of carbonyl (C=O) groups is 1. The first kappa shape index (κ1) is 15.7. The summed E-state index contributed by atoms with van der Waals surface area (Å²) < 4.78 is 0.998. The third-order valence-electron chi connectivity index (χ3n) is 5.43. The number of allylic oxidation sites excluding steroid dienone is 2. The second kappa shape index (κ2) is 5.78. The molecule has 1 aromatic rings. The maximum atomic E-state index is 12.6. The molecule has 3 rings (SSSR count). The molecule has 0 saturated heterocycles. The molecule has 2 aliphatic carbocycles. The highest BCUT2D eigenvalue weighted by Crippen LogP contribution is 2.51. The van der Waals surface area contributed by atoms with Crippen LogP contribution >= 0.6 is 15.9 Å². The molecule has 0 unspecified atom stereocenters. The minimum atomic E-state index is -0.374. The molecule has 0 aromatic heterocycles. The number of aliphatic hydroxyl groups is 1. The predicted octanol–water partition coefficient (Wildman–Crippen LogP) is 4.53. The Balaban J connectivity index is 2.06. The second-order valence-corrected chi connectivity index (χ2v) is 7.52. The first-order valence-electron chi connectivity index (χ1n) is 7.83. The summed E-state index contributed by atoms with van der Waals surface area (Å²) in [5.74, 6) is 0.114. The molecule has 116 valence electrons. The fourth-order valence-electron chi connectivity index (χ4n) is 3.81. The van der Waals surface area contributed by atoms with Gasteiger partial charge in [-0.05, 0) is 55.0 Å². The smallest absolute Gasteiger partial charge is 0.182 e. The van der Waals surface area contributed by atoms with Gasteiger partial charge in [-0.2, -0.15) is 0 Å². The zero-order valence-electron chi connectivity index (χ0n) is 13.0. The van der Waals surface area contributed by atoms with Crippen LogP contribution in [0.1, 0.15) is 38.7 Å². The molecular formula is C19H21BrO2. The van der Waals surface area contributed by atoms with Crippen LogP contribution in [0.15, 0.2) is 46.0 Å². The van der Waals surface area contributed by atoms with Gasteiger partial charge in [-0.15, -0.1) is 0 Å². The molecule has 3 atom stereocenters. The van der Waals surface area contributed by atoms with Gasteiger partial charge in [0.15, 0.2) is 5.78 Å². The summed E-state index contributed by atoms with van der Waals surface area (Å²) in [6.07, 6.45) is 6.07. The largest absolute Gasteiger partial charge is 0.392 e. The first-order valence-corrected chi connectivity index (χ1v) is 8.63. The summed E-state index contributed by atoms with van der Waals surface area (Å²) >= 11 is 3.47. The van der Waals surface area contributed by atoms with Crippen LogP contribution in [0.4, 0.5) is 0 Å². The van der Waals surface area contributed by atoms with Crippen LogP contribution in [0.25, 0.3) is 6.08 Å². The monoisotopic (exact) mass is 360 g/mol. The zero-order chi connectivity index (χ0) is 15.9. The van der Waals surface area contributed by atoms with Crippen LogP contribution in [0.2, 0.25) is 0 Å². The lowest BCUT2D eigenvalue weighted by Gasteiger charge is -2.48. The van der Waals surface area contributed by atoms with Crippen molar-refractivity contribution in [1.29, 1.82) is 0 Å². The van der Waals surface area contributed by atoms with Crippen LogP contribution in [-0.4, -0.2) is 17.0 Å². The number of carbonyl (C=O) groups excluding carboxylic acids is 1. The summed E-state index contributed by atoms with van der Waals surface area (Å²) in [6, 6.07) is 7.94. The first-order chi connectivity index (χ1) is 10.4. The van der Waals surface area contributed by atoms with E-state index in [1.807, 2.05) is 30.3 Å². The van der Waals surface area contributed by atoms with Crippen molar-refractivity contribution in [3.8, 4) is 0 Å². The molecular weight excluding hydrogens is 340 g/mol. The number of ketones is 1. The number of hydrogen-bond donors (Lipinski definition) is 1. The Bertz CT molecular complexity index is 674. The van der Waals surface area contributed by atoms with Crippen LogP contribution < -0.4 is 0 Å². The van der Waals surface area contributed by atoms with Crippen LogP contribution in [-0.2, 0) is 4.79 Å². The van der Waals surface area contributed by atoms with Crippen molar-refractivity contribution in [2.45, 2.75) is 39.2 Å². The Morgan fingerprint density at radius 3 is 2.91 bits per heavy atom. The molecule has 1 saturated carbocycles. The molecule has 0 spiro atoms. The lowest BCUT2D eigenvalue weighted by molar-refractivity contribution is -0.113. The van der Waals surface area contributed by atoms with Gasteiger partial charge >= 0.3 is 0 Å². The molecule has 3 heteroatoms. The van der Waals surface area contributed by atoms with Crippen molar-refractivity contribution in [1.82, 2.24) is 0 Å². The highest BCUT2D eigenvalue weighted by atomic mass is 79.9. The van der Waals surface area contributed by atoms with E-state index in [1.54, 1.807) is 6.08 Å². The van der Waals surface area contributed by atoms with Crippen molar-refractivity contribution >= 4 is 27.8 Å². The third kappa shape index (κ3) is 2.50. The van der Waals surface area contributed by atoms with Gasteiger partial charge in [-0.25, -0.2) is 0 Å².